The van der Waals surface area contributed by atoms with E-state index < -0.39 is 23.1 Å². The number of rotatable bonds is 4. The van der Waals surface area contributed by atoms with Crippen LogP contribution in [-0.2, 0) is 24.0 Å². The second kappa shape index (κ2) is 3.50. The fourth-order valence-corrected chi connectivity index (χ4v) is 0.325. The SMILES string of the molecule is CC(=O)C(=O)C(=O)C(=O)C=O. The molecule has 58 valence electrons. The summed E-state index contributed by atoms with van der Waals surface area (Å²) in [5.74, 6) is -5.58. The maximum absolute atomic E-state index is 10.4. The van der Waals surface area contributed by atoms with Crippen molar-refractivity contribution in [3.05, 3.63) is 0 Å². The molecule has 0 bridgehead atoms. The summed E-state index contributed by atoms with van der Waals surface area (Å²) in [6.45, 7) is 0.846. The molecule has 0 heterocycles. The molecule has 0 spiro atoms. The van der Waals surface area contributed by atoms with Crippen molar-refractivity contribution in [1.29, 1.82) is 0 Å². The number of ketones is 4. The van der Waals surface area contributed by atoms with Crippen LogP contribution in [0.1, 0.15) is 6.92 Å². The summed E-state index contributed by atoms with van der Waals surface area (Å²) < 4.78 is 0. The lowest BCUT2D eigenvalue weighted by Gasteiger charge is -1.86. The van der Waals surface area contributed by atoms with Crippen LogP contribution < -0.4 is 0 Å². The van der Waals surface area contributed by atoms with E-state index in [1.54, 1.807) is 0 Å². The Morgan fingerprint density at radius 1 is 1.00 bits per heavy atom. The third kappa shape index (κ3) is 2.21. The molecule has 0 amide bonds. The van der Waals surface area contributed by atoms with E-state index in [0.29, 0.717) is 0 Å². The van der Waals surface area contributed by atoms with E-state index in [1.807, 2.05) is 0 Å². The average Bonchev–Trinajstić information content (AvgIpc) is 2.00. The minimum absolute atomic E-state index is 0.302. The van der Waals surface area contributed by atoms with Crippen molar-refractivity contribution in [3.8, 4) is 0 Å². The zero-order chi connectivity index (χ0) is 9.02. The maximum atomic E-state index is 10.4. The molecule has 5 heteroatoms. The van der Waals surface area contributed by atoms with E-state index in [4.69, 9.17) is 0 Å². The van der Waals surface area contributed by atoms with Gasteiger partial charge in [-0.1, -0.05) is 0 Å². The lowest BCUT2D eigenvalue weighted by Crippen LogP contribution is -2.29. The molecule has 0 rings (SSSR count). The lowest BCUT2D eigenvalue weighted by atomic mass is 10.1. The Morgan fingerprint density at radius 3 is 1.73 bits per heavy atom. The highest BCUT2D eigenvalue weighted by molar-refractivity contribution is 6.84. The molecule has 0 aliphatic rings. The highest BCUT2D eigenvalue weighted by Crippen LogP contribution is 1.80. The van der Waals surface area contributed by atoms with Crippen LogP contribution in [-0.4, -0.2) is 29.4 Å². The van der Waals surface area contributed by atoms with Gasteiger partial charge in [-0.2, -0.15) is 0 Å². The molecule has 0 atom stereocenters. The molecule has 0 aliphatic carbocycles. The minimum atomic E-state index is -1.58. The number of hydrogen-bond acceptors (Lipinski definition) is 5. The molecule has 0 radical (unpaired) electrons. The summed E-state index contributed by atoms with van der Waals surface area (Å²) in [5.41, 5.74) is 0. The van der Waals surface area contributed by atoms with Gasteiger partial charge >= 0.3 is 0 Å². The van der Waals surface area contributed by atoms with Gasteiger partial charge in [-0.3, -0.25) is 24.0 Å². The summed E-state index contributed by atoms with van der Waals surface area (Å²) in [4.78, 5) is 50.7. The zero-order valence-corrected chi connectivity index (χ0v) is 5.62. The van der Waals surface area contributed by atoms with Gasteiger partial charge in [0.1, 0.15) is 0 Å². The maximum Gasteiger partial charge on any atom is 0.279 e. The zero-order valence-electron chi connectivity index (χ0n) is 5.62. The van der Waals surface area contributed by atoms with Crippen LogP contribution >= 0.6 is 0 Å². The number of Topliss-reactive ketones (excluding diaryl/α,β-unsaturated/α-hetero) is 4. The Bertz CT molecular complexity index is 250. The van der Waals surface area contributed by atoms with Gasteiger partial charge in [-0.15, -0.1) is 0 Å². The second-order valence-corrected chi connectivity index (χ2v) is 1.70. The number of aldehydes is 1. The van der Waals surface area contributed by atoms with E-state index in [2.05, 4.69) is 0 Å². The van der Waals surface area contributed by atoms with Gasteiger partial charge < -0.3 is 0 Å². The molecular weight excluding hydrogens is 152 g/mol. The topological polar surface area (TPSA) is 85.3 Å². The number of hydrogen-bond donors (Lipinski definition) is 0. The van der Waals surface area contributed by atoms with Gasteiger partial charge in [-0.05, 0) is 0 Å². The Morgan fingerprint density at radius 2 is 1.45 bits per heavy atom. The highest BCUT2D eigenvalue weighted by Gasteiger charge is 2.24. The summed E-state index contributed by atoms with van der Waals surface area (Å²) in [5, 5.41) is 0. The Hall–Kier alpha value is -1.65. The van der Waals surface area contributed by atoms with Crippen LogP contribution in [0.15, 0.2) is 0 Å². The third-order valence-corrected chi connectivity index (χ3v) is 0.857. The predicted molar refractivity (Wildman–Crippen MR) is 31.8 cm³/mol. The Labute approximate surface area is 61.4 Å². The molecule has 0 saturated carbocycles. The van der Waals surface area contributed by atoms with Crippen molar-refractivity contribution in [2.45, 2.75) is 6.92 Å². The fraction of sp³-hybridized carbons (Fsp3) is 0.167. The van der Waals surface area contributed by atoms with Crippen molar-refractivity contribution in [2.24, 2.45) is 0 Å². The van der Waals surface area contributed by atoms with E-state index in [1.165, 1.54) is 0 Å². The van der Waals surface area contributed by atoms with Crippen LogP contribution in [0, 0.1) is 0 Å². The molecule has 0 aromatic carbocycles. The molecule has 0 aromatic heterocycles. The minimum Gasteiger partial charge on any atom is -0.294 e. The normalized spacial score (nSPS) is 8.45. The number of carbonyl (C=O) groups is 5. The van der Waals surface area contributed by atoms with E-state index in [0.717, 1.165) is 6.92 Å². The first-order valence-corrected chi connectivity index (χ1v) is 2.59. The van der Waals surface area contributed by atoms with Gasteiger partial charge in [0, 0.05) is 6.92 Å². The molecule has 0 saturated heterocycles. The summed E-state index contributed by atoms with van der Waals surface area (Å²) >= 11 is 0. The predicted octanol–water partition coefficient (Wildman–Crippen LogP) is -1.52. The van der Waals surface area contributed by atoms with Gasteiger partial charge in [0.05, 0.1) is 0 Å². The third-order valence-electron chi connectivity index (χ3n) is 0.857. The molecular formula is C6H4O5. The number of carbonyl (C=O) groups excluding carboxylic acids is 5. The van der Waals surface area contributed by atoms with Crippen LogP contribution in [0.25, 0.3) is 0 Å². The Balaban J connectivity index is 4.51. The first kappa shape index (κ1) is 9.35. The van der Waals surface area contributed by atoms with E-state index in [9.17, 15) is 24.0 Å². The van der Waals surface area contributed by atoms with Crippen molar-refractivity contribution in [2.75, 3.05) is 0 Å². The summed E-state index contributed by atoms with van der Waals surface area (Å²) in [7, 11) is 0. The summed E-state index contributed by atoms with van der Waals surface area (Å²) in [6, 6.07) is 0. The molecule has 0 unspecified atom stereocenters. The lowest BCUT2D eigenvalue weighted by molar-refractivity contribution is -0.148. The second-order valence-electron chi connectivity index (χ2n) is 1.70. The molecule has 0 aromatic rings. The van der Waals surface area contributed by atoms with E-state index >= 15 is 0 Å². The largest absolute Gasteiger partial charge is 0.294 e. The van der Waals surface area contributed by atoms with Crippen LogP contribution in [0.2, 0.25) is 0 Å². The molecule has 0 fully saturated rings. The smallest absolute Gasteiger partial charge is 0.279 e. The van der Waals surface area contributed by atoms with E-state index in [-0.39, 0.29) is 6.29 Å². The van der Waals surface area contributed by atoms with Gasteiger partial charge in [0.15, 0.2) is 6.29 Å². The van der Waals surface area contributed by atoms with Gasteiger partial charge in [-0.25, -0.2) is 0 Å². The summed E-state index contributed by atoms with van der Waals surface area (Å²) in [6.07, 6.45) is -0.302. The average molecular weight is 156 g/mol. The van der Waals surface area contributed by atoms with Crippen LogP contribution in [0.5, 0.6) is 0 Å². The monoisotopic (exact) mass is 156 g/mol. The van der Waals surface area contributed by atoms with Crippen molar-refractivity contribution >= 4 is 29.4 Å². The first-order chi connectivity index (χ1) is 5.00. The van der Waals surface area contributed by atoms with Crippen LogP contribution in [0.4, 0.5) is 0 Å². The van der Waals surface area contributed by atoms with Crippen molar-refractivity contribution < 1.29 is 24.0 Å². The standard InChI is InChI=1S/C6H4O5/c1-3(8)5(10)6(11)4(9)2-7/h2H,1H3. The van der Waals surface area contributed by atoms with Gasteiger partial charge in [0.25, 0.3) is 17.3 Å². The van der Waals surface area contributed by atoms with Crippen LogP contribution in [0.3, 0.4) is 0 Å². The molecule has 5 nitrogen and oxygen atoms in total. The highest BCUT2D eigenvalue weighted by atomic mass is 16.2. The quantitative estimate of drug-likeness (QED) is 0.280. The fourth-order valence-electron chi connectivity index (χ4n) is 0.325. The van der Waals surface area contributed by atoms with Crippen molar-refractivity contribution in [1.82, 2.24) is 0 Å². The molecule has 0 N–H and O–H groups in total. The van der Waals surface area contributed by atoms with Gasteiger partial charge in [0.2, 0.25) is 5.78 Å². The van der Waals surface area contributed by atoms with Crippen molar-refractivity contribution in [3.63, 3.8) is 0 Å². The molecule has 11 heavy (non-hydrogen) atoms. The Kier molecular flexibility index (Phi) is 2.98. The first-order valence-electron chi connectivity index (χ1n) is 2.59. The molecule has 0 aliphatic heterocycles.